The van der Waals surface area contributed by atoms with E-state index in [2.05, 4.69) is 463 Å². The molecule has 0 N–H and O–H groups in total. The van der Waals surface area contributed by atoms with Crippen LogP contribution in [0.25, 0.3) is 182 Å². The van der Waals surface area contributed by atoms with Crippen LogP contribution in [0.2, 0.25) is 0 Å². The third kappa shape index (κ3) is 11.0. The maximum absolute atomic E-state index is 2.52. The van der Waals surface area contributed by atoms with Gasteiger partial charge in [-0.15, -0.1) is 0 Å². The maximum atomic E-state index is 2.52. The number of nitrogens with zero attached hydrogens (tertiary/aromatic N) is 3. The number of aromatic nitrogens is 3. The topological polar surface area (TPSA) is 14.8 Å². The highest BCUT2D eigenvalue weighted by atomic mass is 15.0. The summed E-state index contributed by atoms with van der Waals surface area (Å²) in [5, 5.41) is 12.7. The van der Waals surface area contributed by atoms with Gasteiger partial charge in [-0.1, -0.05) is 346 Å². The summed E-state index contributed by atoms with van der Waals surface area (Å²) in [5.41, 5.74) is 40.8. The number of para-hydroxylation sites is 3. The van der Waals surface area contributed by atoms with Gasteiger partial charge in [0.2, 0.25) is 0 Å². The minimum atomic E-state index is 0.104. The first-order chi connectivity index (χ1) is 60.5. The molecule has 122 heavy (non-hydrogen) atoms. The Bertz CT molecular complexity index is 8190. The van der Waals surface area contributed by atoms with Crippen LogP contribution in [0, 0.1) is 0 Å². The van der Waals surface area contributed by atoms with E-state index in [4.69, 9.17) is 0 Å². The molecule has 3 heterocycles. The Hall–Kier alpha value is -15.7. The molecule has 0 aliphatic heterocycles. The smallest absolute Gasteiger partial charge is 0.0547 e. The Morgan fingerprint density at radius 2 is 0.525 bits per heavy atom. The van der Waals surface area contributed by atoms with Crippen molar-refractivity contribution in [3.05, 3.63) is 499 Å². The molecule has 3 nitrogen and oxygen atoms in total. The van der Waals surface area contributed by atoms with Crippen molar-refractivity contribution in [2.45, 2.75) is 17.8 Å². The van der Waals surface area contributed by atoms with Crippen LogP contribution in [0.1, 0.15) is 67.8 Å². The van der Waals surface area contributed by atoms with E-state index in [-0.39, 0.29) is 17.8 Å². The van der Waals surface area contributed by atoms with Crippen molar-refractivity contribution in [1.82, 2.24) is 13.7 Å². The van der Waals surface area contributed by atoms with Crippen molar-refractivity contribution in [3.63, 3.8) is 0 Å². The number of hydrogen-bond donors (Lipinski definition) is 0. The molecule has 26 rings (SSSR count). The van der Waals surface area contributed by atoms with Gasteiger partial charge in [0.25, 0.3) is 0 Å². The first kappa shape index (κ1) is 69.4. The fourth-order valence-electron chi connectivity index (χ4n) is 21.3. The van der Waals surface area contributed by atoms with Gasteiger partial charge >= 0.3 is 0 Å². The van der Waals surface area contributed by atoms with Crippen molar-refractivity contribution in [2.75, 3.05) is 0 Å². The lowest BCUT2D eigenvalue weighted by atomic mass is 9.85. The number of benzene rings is 20. The maximum Gasteiger partial charge on any atom is 0.0547 e. The molecule has 0 amide bonds. The predicted octanol–water partition coefficient (Wildman–Crippen LogP) is 31.1. The first-order valence-corrected chi connectivity index (χ1v) is 42.6. The van der Waals surface area contributed by atoms with Crippen molar-refractivity contribution in [2.24, 2.45) is 0 Å². The summed E-state index contributed by atoms with van der Waals surface area (Å²) < 4.78 is 7.38. The second kappa shape index (κ2) is 28.0. The molecular formula is C119H77N3. The molecule has 0 spiro atoms. The highest BCUT2D eigenvalue weighted by molar-refractivity contribution is 6.16. The lowest BCUT2D eigenvalue weighted by molar-refractivity contribution is 1.01. The first-order valence-electron chi connectivity index (χ1n) is 42.6. The number of rotatable bonds is 10. The largest absolute Gasteiger partial charge is 0.309 e. The lowest BCUT2D eigenvalue weighted by Crippen LogP contribution is -2.00. The molecular weight excluding hydrogens is 1470 g/mol. The Balaban J connectivity index is 0.000000134. The minimum absolute atomic E-state index is 0.104. The van der Waals surface area contributed by atoms with Crippen LogP contribution in [0.5, 0.6) is 0 Å². The van der Waals surface area contributed by atoms with E-state index in [1.807, 2.05) is 0 Å². The summed E-state index contributed by atoms with van der Waals surface area (Å²) >= 11 is 0. The number of hydrogen-bond acceptors (Lipinski definition) is 0. The highest BCUT2D eigenvalue weighted by Gasteiger charge is 2.36. The molecule has 3 aromatic heterocycles. The molecule has 0 fully saturated rings. The molecule has 3 aliphatic rings. The third-order valence-corrected chi connectivity index (χ3v) is 26.7. The summed E-state index contributed by atoms with van der Waals surface area (Å²) in [6.45, 7) is 0. The van der Waals surface area contributed by atoms with Gasteiger partial charge in [0.05, 0.1) is 38.8 Å². The summed E-state index contributed by atoms with van der Waals surface area (Å²) in [6, 6.07) is 167. The van der Waals surface area contributed by atoms with Crippen LogP contribution in [-0.4, -0.2) is 13.7 Å². The van der Waals surface area contributed by atoms with Gasteiger partial charge < -0.3 is 13.7 Å². The van der Waals surface area contributed by atoms with E-state index < -0.39 is 0 Å². The SMILES string of the molecule is c1ccc(-c2cccc(-n3c4ccccc4c4cc(-c5ccc6c(c5)c5cc7c(cc5n6-c5cccc6ccccc56)C(c5ccccc5)c5ccccc5-7)ccc43)c2)cc1.c1ccc(-c2cccc(C3c4ccccc4-c4cc(-c5ccc6c(c5)-c5cc7c(cc5C6c5cccc6ccccc56)c5ccccc5n7-c5ccccc5)ccc43)c2)cc1. The highest BCUT2D eigenvalue weighted by Crippen LogP contribution is 2.56. The van der Waals surface area contributed by atoms with Crippen LogP contribution in [0.15, 0.2) is 449 Å². The molecule has 3 heteroatoms. The predicted molar refractivity (Wildman–Crippen MR) is 511 cm³/mol. The van der Waals surface area contributed by atoms with Crippen LogP contribution >= 0.6 is 0 Å². The Labute approximate surface area is 707 Å². The Morgan fingerprint density at radius 3 is 1.20 bits per heavy atom. The zero-order chi connectivity index (χ0) is 80.0. The average Bonchev–Trinajstić information content (AvgIpc) is 1.56. The van der Waals surface area contributed by atoms with Crippen LogP contribution < -0.4 is 0 Å². The minimum Gasteiger partial charge on any atom is -0.309 e. The summed E-state index contributed by atoms with van der Waals surface area (Å²) in [5.74, 6) is 0.449. The Morgan fingerprint density at radius 1 is 0.148 bits per heavy atom. The molecule has 3 atom stereocenters. The van der Waals surface area contributed by atoms with Crippen molar-refractivity contribution in [1.29, 1.82) is 0 Å². The molecule has 0 bridgehead atoms. The van der Waals surface area contributed by atoms with Crippen molar-refractivity contribution < 1.29 is 0 Å². The fourth-order valence-corrected chi connectivity index (χ4v) is 21.3. The van der Waals surface area contributed by atoms with Crippen LogP contribution in [0.4, 0.5) is 0 Å². The summed E-state index contributed by atoms with van der Waals surface area (Å²) in [4.78, 5) is 0. The van der Waals surface area contributed by atoms with Gasteiger partial charge in [0.1, 0.15) is 0 Å². The molecule has 0 saturated heterocycles. The normalized spacial score (nSPS) is 14.1. The molecule has 0 saturated carbocycles. The molecule has 3 aliphatic carbocycles. The van der Waals surface area contributed by atoms with E-state index in [9.17, 15) is 0 Å². The van der Waals surface area contributed by atoms with Gasteiger partial charge in [-0.05, 0) is 247 Å². The number of fused-ring (bicyclic) bond motifs is 20. The van der Waals surface area contributed by atoms with Gasteiger partial charge in [0.15, 0.2) is 0 Å². The van der Waals surface area contributed by atoms with E-state index in [0.29, 0.717) is 0 Å². The monoisotopic (exact) mass is 1550 g/mol. The standard InChI is InChI=1S/C60H39N.C59H38N2/c1-3-15-38(16-4-1)40-19-13-20-43(33-40)59-49-26-10-9-24-46(49)52-34-41(29-31-50(52)59)42-30-32-51-53(35-42)54-37-58-55(47-25-11-12-28-57(47)61(58)44-21-5-2-6-22-44)36-56(54)60(51)48-27-14-18-39-17-7-8-23-45(39)48;1-3-15-38(16-4-1)41-21-13-22-44(33-41)60-55-27-12-11-25-47(55)50-34-42(29-31-56(50)60)43-30-32-57-51(35-43)52-36-49-46-24-9-10-26-48(46)59(40-18-5-2-6-19-40)53(49)37-58(52)61(57)54-28-14-20-39-17-7-8-23-45(39)54/h1-37,59-60H;1-37,59H. The molecule has 23 aromatic rings. The molecule has 568 valence electrons. The second-order valence-electron chi connectivity index (χ2n) is 33.2. The molecule has 3 unspecified atom stereocenters. The van der Waals surface area contributed by atoms with Crippen molar-refractivity contribution >= 4 is 87.0 Å². The zero-order valence-electron chi connectivity index (χ0n) is 66.8. The second-order valence-corrected chi connectivity index (χ2v) is 33.2. The van der Waals surface area contributed by atoms with Gasteiger partial charge in [-0.3, -0.25) is 0 Å². The summed E-state index contributed by atoms with van der Waals surface area (Å²) in [7, 11) is 0. The molecule has 0 radical (unpaired) electrons. The van der Waals surface area contributed by atoms with Gasteiger partial charge in [0, 0.05) is 66.8 Å². The fraction of sp³-hybridized carbons (Fsp3) is 0.0252. The Kier molecular flexibility index (Phi) is 15.9. The van der Waals surface area contributed by atoms with Crippen molar-refractivity contribution in [3.8, 4) is 95.0 Å². The van der Waals surface area contributed by atoms with Crippen LogP contribution in [0.3, 0.4) is 0 Å². The molecule has 20 aromatic carbocycles. The zero-order valence-corrected chi connectivity index (χ0v) is 66.8. The van der Waals surface area contributed by atoms with E-state index in [0.717, 1.165) is 5.69 Å². The van der Waals surface area contributed by atoms with E-state index in [1.54, 1.807) is 0 Å². The quantitative estimate of drug-likeness (QED) is 0.130. The van der Waals surface area contributed by atoms with E-state index >= 15 is 0 Å². The lowest BCUT2D eigenvalue weighted by Gasteiger charge is -2.18. The average molecular weight is 1550 g/mol. The van der Waals surface area contributed by atoms with E-state index in [1.165, 1.54) is 226 Å². The third-order valence-electron chi connectivity index (χ3n) is 26.7. The summed E-state index contributed by atoms with van der Waals surface area (Å²) in [6.07, 6.45) is 0. The van der Waals surface area contributed by atoms with Gasteiger partial charge in [-0.25, -0.2) is 0 Å². The van der Waals surface area contributed by atoms with Gasteiger partial charge in [-0.2, -0.15) is 0 Å². The van der Waals surface area contributed by atoms with Crippen LogP contribution in [-0.2, 0) is 0 Å².